The topological polar surface area (TPSA) is 86.6 Å². The Morgan fingerprint density at radius 1 is 1.12 bits per heavy atom. The molecule has 1 aromatic heterocycles. The van der Waals surface area contributed by atoms with E-state index >= 15 is 0 Å². The molecular formula is C23H24N4O4S. The summed E-state index contributed by atoms with van der Waals surface area (Å²) in [5.74, 6) is 2.43. The van der Waals surface area contributed by atoms with Gasteiger partial charge in [0, 0.05) is 31.3 Å². The summed E-state index contributed by atoms with van der Waals surface area (Å²) in [5.41, 5.74) is 1.36. The molecule has 0 unspecified atom stereocenters. The molecule has 8 nitrogen and oxygen atoms in total. The molecule has 166 valence electrons. The van der Waals surface area contributed by atoms with Gasteiger partial charge in [-0.1, -0.05) is 23.9 Å². The molecule has 4 rings (SSSR count). The Hall–Kier alpha value is -3.33. The van der Waals surface area contributed by atoms with Crippen LogP contribution < -0.4 is 14.4 Å². The van der Waals surface area contributed by atoms with Crippen molar-refractivity contribution in [3.63, 3.8) is 0 Å². The Bertz CT molecular complexity index is 1110. The van der Waals surface area contributed by atoms with Gasteiger partial charge in [-0.25, -0.2) is 0 Å². The highest BCUT2D eigenvalue weighted by molar-refractivity contribution is 7.99. The zero-order valence-electron chi connectivity index (χ0n) is 18.0. The van der Waals surface area contributed by atoms with Gasteiger partial charge in [0.2, 0.25) is 5.91 Å². The van der Waals surface area contributed by atoms with Crippen LogP contribution >= 0.6 is 11.8 Å². The first-order valence-corrected chi connectivity index (χ1v) is 11.3. The largest absolute Gasteiger partial charge is 0.497 e. The number of hydrogen-bond acceptors (Lipinski definition) is 7. The summed E-state index contributed by atoms with van der Waals surface area (Å²) in [7, 11) is 3.46. The molecule has 0 radical (unpaired) electrons. The molecule has 2 aromatic carbocycles. The number of ether oxygens (including phenoxy) is 2. The maximum atomic E-state index is 12.7. The second-order valence-electron chi connectivity index (χ2n) is 7.33. The highest BCUT2D eigenvalue weighted by Crippen LogP contribution is 2.24. The van der Waals surface area contributed by atoms with E-state index in [0.717, 1.165) is 17.9 Å². The number of amides is 1. The number of anilines is 1. The molecular weight excluding hydrogens is 428 g/mol. The van der Waals surface area contributed by atoms with Crippen molar-refractivity contribution in [1.82, 2.24) is 14.8 Å². The van der Waals surface area contributed by atoms with E-state index in [1.54, 1.807) is 24.1 Å². The molecule has 3 aromatic rings. The second-order valence-corrected chi connectivity index (χ2v) is 8.28. The third-order valence-corrected chi connectivity index (χ3v) is 6.26. The molecule has 1 fully saturated rings. The number of carbonyl (C=O) groups is 2. The minimum atomic E-state index is -0.0254. The molecule has 32 heavy (non-hydrogen) atoms. The first-order chi connectivity index (χ1) is 15.5. The van der Waals surface area contributed by atoms with E-state index in [0.29, 0.717) is 35.3 Å². The first kappa shape index (κ1) is 21.9. The fourth-order valence-electron chi connectivity index (χ4n) is 3.40. The highest BCUT2D eigenvalue weighted by Gasteiger charge is 2.22. The molecule has 0 aliphatic carbocycles. The summed E-state index contributed by atoms with van der Waals surface area (Å²) in [6, 6.07) is 14.6. The SMILES string of the molecule is COc1ccc(OCc2nnc(SCC(=O)c3cccc(N4CCCC4=O)c3)n2C)cc1. The third-order valence-electron chi connectivity index (χ3n) is 5.24. The van der Waals surface area contributed by atoms with Gasteiger partial charge in [0.25, 0.3) is 0 Å². The fourth-order valence-corrected chi connectivity index (χ4v) is 4.22. The van der Waals surface area contributed by atoms with E-state index in [1.807, 2.05) is 48.0 Å². The monoisotopic (exact) mass is 452 g/mol. The molecule has 1 amide bonds. The van der Waals surface area contributed by atoms with E-state index in [9.17, 15) is 9.59 Å². The molecule has 2 heterocycles. The number of thioether (sulfide) groups is 1. The second kappa shape index (κ2) is 9.86. The zero-order valence-corrected chi connectivity index (χ0v) is 18.8. The average molecular weight is 453 g/mol. The summed E-state index contributed by atoms with van der Waals surface area (Å²) in [6.07, 6.45) is 1.41. The number of ketones is 1. The van der Waals surface area contributed by atoms with Gasteiger partial charge in [-0.05, 0) is 42.8 Å². The maximum Gasteiger partial charge on any atom is 0.227 e. The lowest BCUT2D eigenvalue weighted by molar-refractivity contribution is -0.117. The minimum Gasteiger partial charge on any atom is -0.497 e. The summed E-state index contributed by atoms with van der Waals surface area (Å²) in [6.45, 7) is 0.960. The van der Waals surface area contributed by atoms with Crippen LogP contribution in [0.15, 0.2) is 53.7 Å². The van der Waals surface area contributed by atoms with E-state index in [4.69, 9.17) is 9.47 Å². The Labute approximate surface area is 190 Å². The van der Waals surface area contributed by atoms with Crippen LogP contribution in [0.2, 0.25) is 0 Å². The molecule has 1 aliphatic rings. The standard InChI is InChI=1S/C23H24N4O4S/c1-26-21(14-31-19-10-8-18(30-2)9-11-19)24-25-23(26)32-15-20(28)16-5-3-6-17(13-16)27-12-4-7-22(27)29/h3,5-6,8-11,13H,4,7,12,14-15H2,1-2H3. The normalized spacial score (nSPS) is 13.4. The lowest BCUT2D eigenvalue weighted by atomic mass is 10.1. The van der Waals surface area contributed by atoms with Crippen LogP contribution in [0, 0.1) is 0 Å². The Kier molecular flexibility index (Phi) is 6.75. The minimum absolute atomic E-state index is 0.0254. The van der Waals surface area contributed by atoms with E-state index in [2.05, 4.69) is 10.2 Å². The molecule has 0 saturated carbocycles. The molecule has 0 N–H and O–H groups in total. The van der Waals surface area contributed by atoms with Crippen LogP contribution in [0.3, 0.4) is 0 Å². The number of Topliss-reactive ketones (excluding diaryl/α,β-unsaturated/α-hetero) is 1. The quantitative estimate of drug-likeness (QED) is 0.363. The molecule has 1 saturated heterocycles. The summed E-state index contributed by atoms with van der Waals surface area (Å²) in [5, 5.41) is 9.00. The van der Waals surface area contributed by atoms with Crippen molar-refractivity contribution in [3.8, 4) is 11.5 Å². The van der Waals surface area contributed by atoms with Crippen molar-refractivity contribution in [1.29, 1.82) is 0 Å². The summed E-state index contributed by atoms with van der Waals surface area (Å²) in [4.78, 5) is 26.5. The van der Waals surface area contributed by atoms with Gasteiger partial charge in [-0.15, -0.1) is 10.2 Å². The molecule has 9 heteroatoms. The number of benzene rings is 2. The van der Waals surface area contributed by atoms with Crippen LogP contribution in [0.1, 0.15) is 29.0 Å². The van der Waals surface area contributed by atoms with Crippen LogP contribution in [-0.4, -0.2) is 45.9 Å². The van der Waals surface area contributed by atoms with Gasteiger partial charge in [0.05, 0.1) is 12.9 Å². The fraction of sp³-hybridized carbons (Fsp3) is 0.304. The van der Waals surface area contributed by atoms with Gasteiger partial charge >= 0.3 is 0 Å². The third kappa shape index (κ3) is 4.94. The number of methoxy groups -OCH3 is 1. The molecule has 0 atom stereocenters. The number of aromatic nitrogens is 3. The average Bonchev–Trinajstić information content (AvgIpc) is 3.41. The van der Waals surface area contributed by atoms with E-state index < -0.39 is 0 Å². The maximum absolute atomic E-state index is 12.7. The van der Waals surface area contributed by atoms with Crippen molar-refractivity contribution in [2.75, 3.05) is 24.3 Å². The predicted octanol–water partition coefficient (Wildman–Crippen LogP) is 3.50. The Morgan fingerprint density at radius 3 is 2.62 bits per heavy atom. The lowest BCUT2D eigenvalue weighted by Gasteiger charge is -2.16. The molecule has 0 bridgehead atoms. The summed E-state index contributed by atoms with van der Waals surface area (Å²) >= 11 is 1.32. The Balaban J connectivity index is 1.34. The number of nitrogens with zero attached hydrogens (tertiary/aromatic N) is 4. The first-order valence-electron chi connectivity index (χ1n) is 10.3. The predicted molar refractivity (Wildman–Crippen MR) is 121 cm³/mol. The van der Waals surface area contributed by atoms with Crippen LogP contribution in [0.4, 0.5) is 5.69 Å². The number of rotatable bonds is 9. The van der Waals surface area contributed by atoms with Crippen LogP contribution in [-0.2, 0) is 18.4 Å². The van der Waals surface area contributed by atoms with Gasteiger partial charge in [0.1, 0.15) is 18.1 Å². The Morgan fingerprint density at radius 2 is 1.91 bits per heavy atom. The number of hydrogen-bond donors (Lipinski definition) is 0. The van der Waals surface area contributed by atoms with Crippen molar-refractivity contribution in [3.05, 3.63) is 59.9 Å². The molecule has 1 aliphatic heterocycles. The summed E-state index contributed by atoms with van der Waals surface area (Å²) < 4.78 is 12.7. The smallest absolute Gasteiger partial charge is 0.227 e. The van der Waals surface area contributed by atoms with Crippen molar-refractivity contribution >= 4 is 29.1 Å². The van der Waals surface area contributed by atoms with Gasteiger partial charge in [-0.2, -0.15) is 0 Å². The van der Waals surface area contributed by atoms with Crippen LogP contribution in [0.25, 0.3) is 0 Å². The highest BCUT2D eigenvalue weighted by atomic mass is 32.2. The number of carbonyl (C=O) groups excluding carboxylic acids is 2. The van der Waals surface area contributed by atoms with E-state index in [-0.39, 0.29) is 24.1 Å². The molecule has 0 spiro atoms. The van der Waals surface area contributed by atoms with Crippen molar-refractivity contribution in [2.45, 2.75) is 24.6 Å². The van der Waals surface area contributed by atoms with Crippen LogP contribution in [0.5, 0.6) is 11.5 Å². The zero-order chi connectivity index (χ0) is 22.5. The van der Waals surface area contributed by atoms with Gasteiger partial charge in [0.15, 0.2) is 16.8 Å². The van der Waals surface area contributed by atoms with Gasteiger partial charge < -0.3 is 18.9 Å². The van der Waals surface area contributed by atoms with E-state index in [1.165, 1.54) is 11.8 Å². The van der Waals surface area contributed by atoms with Crippen molar-refractivity contribution in [2.24, 2.45) is 7.05 Å². The lowest BCUT2D eigenvalue weighted by Crippen LogP contribution is -2.23. The van der Waals surface area contributed by atoms with Gasteiger partial charge in [-0.3, -0.25) is 9.59 Å². The van der Waals surface area contributed by atoms with Crippen molar-refractivity contribution < 1.29 is 19.1 Å².